The summed E-state index contributed by atoms with van der Waals surface area (Å²) in [5, 5.41) is 10.3. The van der Waals surface area contributed by atoms with E-state index in [1.807, 2.05) is 41.1 Å². The van der Waals surface area contributed by atoms with Gasteiger partial charge in [0.1, 0.15) is 16.1 Å². The maximum Gasteiger partial charge on any atom is 0.178 e. The Morgan fingerprint density at radius 2 is 2.12 bits per heavy atom. The summed E-state index contributed by atoms with van der Waals surface area (Å²) in [5.41, 5.74) is 10.0. The Balaban J connectivity index is 0.00000182. The normalized spacial score (nSPS) is 12.0. The van der Waals surface area contributed by atoms with E-state index in [4.69, 9.17) is 15.0 Å². The minimum Gasteiger partial charge on any atom is -0.494 e. The first kappa shape index (κ1) is 17.9. The summed E-state index contributed by atoms with van der Waals surface area (Å²) >= 11 is 3.29. The molecule has 0 aliphatic heterocycles. The summed E-state index contributed by atoms with van der Waals surface area (Å²) in [5.74, 6) is 0.817. The monoisotopic (exact) mass is 392 g/mol. The van der Waals surface area contributed by atoms with E-state index >= 15 is 0 Å². The van der Waals surface area contributed by atoms with Gasteiger partial charge in [0.2, 0.25) is 0 Å². The zero-order valence-corrected chi connectivity index (χ0v) is 15.7. The Labute approximate surface area is 159 Å². The highest BCUT2D eigenvalue weighted by atomic mass is 35.5. The van der Waals surface area contributed by atoms with Crippen LogP contribution in [0.1, 0.15) is 18.0 Å². The fourth-order valence-corrected chi connectivity index (χ4v) is 4.09. The molecule has 4 nitrogen and oxygen atoms in total. The van der Waals surface area contributed by atoms with Crippen molar-refractivity contribution in [1.82, 2.24) is 5.16 Å². The molecule has 0 radical (unpaired) electrons. The molecule has 0 spiro atoms. The molecule has 1 atom stereocenters. The number of aromatic nitrogens is 1. The summed E-state index contributed by atoms with van der Waals surface area (Å²) in [4.78, 5) is 0. The highest BCUT2D eigenvalue weighted by Crippen LogP contribution is 2.33. The van der Waals surface area contributed by atoms with E-state index in [-0.39, 0.29) is 18.4 Å². The predicted molar refractivity (Wildman–Crippen MR) is 106 cm³/mol. The third kappa shape index (κ3) is 3.88. The molecular weight excluding hydrogens is 376 g/mol. The van der Waals surface area contributed by atoms with Crippen molar-refractivity contribution < 1.29 is 9.26 Å². The van der Waals surface area contributed by atoms with Crippen molar-refractivity contribution >= 4 is 45.4 Å². The van der Waals surface area contributed by atoms with Crippen LogP contribution in [0.2, 0.25) is 0 Å². The summed E-state index contributed by atoms with van der Waals surface area (Å²) < 4.78 is 12.3. The first-order valence-corrected chi connectivity index (χ1v) is 9.47. The molecule has 1 aromatic carbocycles. The minimum atomic E-state index is 0. The maximum atomic E-state index is 6.17. The van der Waals surface area contributed by atoms with Crippen LogP contribution in [0.15, 0.2) is 57.1 Å². The van der Waals surface area contributed by atoms with Gasteiger partial charge in [-0.05, 0) is 46.0 Å². The molecule has 0 fully saturated rings. The fraction of sp³-hybridized carbons (Fsp3) is 0.167. The number of nitrogens with zero attached hydrogens (tertiary/aromatic N) is 1. The van der Waals surface area contributed by atoms with Crippen LogP contribution in [-0.4, -0.2) is 11.8 Å². The third-order valence-electron chi connectivity index (χ3n) is 3.86. The fourth-order valence-electron chi connectivity index (χ4n) is 2.55. The van der Waals surface area contributed by atoms with Crippen molar-refractivity contribution in [1.29, 1.82) is 0 Å². The number of hydrogen-bond donors (Lipinski definition) is 1. The van der Waals surface area contributed by atoms with Gasteiger partial charge in [-0.3, -0.25) is 0 Å². The Morgan fingerprint density at radius 1 is 1.20 bits per heavy atom. The number of fused-ring (bicyclic) bond motifs is 1. The van der Waals surface area contributed by atoms with Crippen molar-refractivity contribution in [2.45, 2.75) is 12.5 Å². The summed E-state index contributed by atoms with van der Waals surface area (Å²) in [6, 6.07) is 11.9. The van der Waals surface area contributed by atoms with Gasteiger partial charge in [-0.1, -0.05) is 17.3 Å². The van der Waals surface area contributed by atoms with E-state index in [0.717, 1.165) is 33.7 Å². The average Bonchev–Trinajstić information content (AvgIpc) is 3.32. The second-order valence-electron chi connectivity index (χ2n) is 5.47. The Bertz CT molecular complexity index is 934. The van der Waals surface area contributed by atoms with Crippen LogP contribution in [0, 0.1) is 0 Å². The SMILES string of the molecule is Cl.NC(CCOc1cccc(-c2noc3ccsc23)c1)c1ccsc1. The Morgan fingerprint density at radius 3 is 2.96 bits per heavy atom. The first-order valence-electron chi connectivity index (χ1n) is 7.65. The van der Waals surface area contributed by atoms with Gasteiger partial charge in [0.25, 0.3) is 0 Å². The molecule has 130 valence electrons. The second kappa shape index (κ2) is 8.01. The number of halogens is 1. The molecule has 0 amide bonds. The standard InChI is InChI=1S/C18H16N2O2S2.ClH/c19-15(13-5-8-23-11-13)4-7-21-14-3-1-2-12(10-14)17-18-16(22-20-17)6-9-24-18;/h1-3,5-6,8-11,15H,4,7,19H2;1H. The Hall–Kier alpha value is -1.86. The van der Waals surface area contributed by atoms with Crippen molar-refractivity contribution in [3.8, 4) is 17.0 Å². The minimum absolute atomic E-state index is 0. The lowest BCUT2D eigenvalue weighted by atomic mass is 10.1. The van der Waals surface area contributed by atoms with Crippen LogP contribution in [0.5, 0.6) is 5.75 Å². The van der Waals surface area contributed by atoms with Crippen LogP contribution in [-0.2, 0) is 0 Å². The molecule has 1 unspecified atom stereocenters. The number of nitrogens with two attached hydrogens (primary N) is 1. The predicted octanol–water partition coefficient (Wildman–Crippen LogP) is 5.51. The summed E-state index contributed by atoms with van der Waals surface area (Å²) in [6.07, 6.45) is 0.778. The molecule has 3 aromatic heterocycles. The summed E-state index contributed by atoms with van der Waals surface area (Å²) in [6.45, 7) is 0.577. The van der Waals surface area contributed by atoms with Gasteiger partial charge >= 0.3 is 0 Å². The number of hydrogen-bond acceptors (Lipinski definition) is 6. The summed E-state index contributed by atoms with van der Waals surface area (Å²) in [7, 11) is 0. The quantitative estimate of drug-likeness (QED) is 0.470. The highest BCUT2D eigenvalue weighted by Gasteiger charge is 2.12. The number of ether oxygens (including phenoxy) is 1. The third-order valence-corrected chi connectivity index (χ3v) is 5.46. The van der Waals surface area contributed by atoms with Crippen molar-refractivity contribution in [3.05, 3.63) is 58.1 Å². The molecular formula is C18H17ClN2O2S2. The molecule has 4 aromatic rings. The lowest BCUT2D eigenvalue weighted by Gasteiger charge is -2.11. The topological polar surface area (TPSA) is 61.3 Å². The maximum absolute atomic E-state index is 6.17. The van der Waals surface area contributed by atoms with Gasteiger partial charge in [-0.2, -0.15) is 11.3 Å². The molecule has 0 aliphatic carbocycles. The van der Waals surface area contributed by atoms with E-state index in [9.17, 15) is 0 Å². The van der Waals surface area contributed by atoms with Gasteiger partial charge in [0.15, 0.2) is 5.58 Å². The van der Waals surface area contributed by atoms with Crippen LogP contribution in [0.3, 0.4) is 0 Å². The number of rotatable bonds is 6. The van der Waals surface area contributed by atoms with Crippen LogP contribution >= 0.6 is 35.1 Å². The molecule has 2 N–H and O–H groups in total. The van der Waals surface area contributed by atoms with Crippen molar-refractivity contribution in [3.63, 3.8) is 0 Å². The largest absolute Gasteiger partial charge is 0.494 e. The molecule has 7 heteroatoms. The van der Waals surface area contributed by atoms with Crippen LogP contribution in [0.4, 0.5) is 0 Å². The molecule has 0 saturated heterocycles. The zero-order valence-electron chi connectivity index (χ0n) is 13.3. The highest BCUT2D eigenvalue weighted by molar-refractivity contribution is 7.17. The molecule has 4 rings (SSSR count). The van der Waals surface area contributed by atoms with E-state index < -0.39 is 0 Å². The Kier molecular flexibility index (Phi) is 5.75. The van der Waals surface area contributed by atoms with E-state index in [1.165, 1.54) is 5.56 Å². The van der Waals surface area contributed by atoms with Crippen LogP contribution < -0.4 is 10.5 Å². The lowest BCUT2D eigenvalue weighted by molar-refractivity contribution is 0.299. The molecule has 0 bridgehead atoms. The van der Waals surface area contributed by atoms with Gasteiger partial charge < -0.3 is 15.0 Å². The van der Waals surface area contributed by atoms with Gasteiger partial charge in [-0.25, -0.2) is 0 Å². The van der Waals surface area contributed by atoms with E-state index in [1.54, 1.807) is 22.7 Å². The average molecular weight is 393 g/mol. The smallest absolute Gasteiger partial charge is 0.178 e. The molecule has 0 saturated carbocycles. The molecule has 25 heavy (non-hydrogen) atoms. The van der Waals surface area contributed by atoms with E-state index in [2.05, 4.69) is 16.6 Å². The van der Waals surface area contributed by atoms with Crippen molar-refractivity contribution in [2.75, 3.05) is 6.61 Å². The van der Waals surface area contributed by atoms with Crippen molar-refractivity contribution in [2.24, 2.45) is 5.73 Å². The number of benzene rings is 1. The first-order chi connectivity index (χ1) is 11.8. The second-order valence-corrected chi connectivity index (χ2v) is 7.17. The molecule has 0 aliphatic rings. The van der Waals surface area contributed by atoms with Gasteiger partial charge in [-0.15, -0.1) is 23.7 Å². The van der Waals surface area contributed by atoms with Crippen LogP contribution in [0.25, 0.3) is 21.5 Å². The zero-order chi connectivity index (χ0) is 16.4. The van der Waals surface area contributed by atoms with Gasteiger partial charge in [0, 0.05) is 18.0 Å². The molecule has 3 heterocycles. The lowest BCUT2D eigenvalue weighted by Crippen LogP contribution is -2.13. The van der Waals surface area contributed by atoms with E-state index in [0.29, 0.717) is 6.61 Å². The number of thiophene rings is 2. The van der Waals surface area contributed by atoms with Gasteiger partial charge in [0.05, 0.1) is 6.61 Å².